The first-order valence-electron chi connectivity index (χ1n) is 36.7. The molecule has 2 aliphatic heterocycles. The van der Waals surface area contributed by atoms with E-state index in [0.29, 0.717) is 6.42 Å². The van der Waals surface area contributed by atoms with Crippen LogP contribution in [0.25, 0.3) is 0 Å². The molecule has 0 bridgehead atoms. The van der Waals surface area contributed by atoms with Crippen molar-refractivity contribution in [3.05, 3.63) is 72.9 Å². The topological polar surface area (TPSA) is 228 Å². The number of hydrogen-bond acceptors (Lipinski definition) is 13. The van der Waals surface area contributed by atoms with Crippen LogP contribution in [0.2, 0.25) is 0 Å². The van der Waals surface area contributed by atoms with E-state index in [4.69, 9.17) is 18.9 Å². The van der Waals surface area contributed by atoms with Crippen LogP contribution in [-0.4, -0.2) is 140 Å². The molecule has 0 spiro atoms. The van der Waals surface area contributed by atoms with Crippen LogP contribution in [0.1, 0.15) is 303 Å². The standard InChI is InChI=1S/C75H135NO13/c1-3-5-7-9-11-13-15-17-19-21-23-25-27-29-30-31-32-33-35-36-38-40-42-44-46-48-50-52-54-56-58-64(79)63(62-86-74-72(85)70(83)73(66(61-78)88-74)89-75-71(84)69(82)68(81)65(60-77)87-75)76-67(80)59-57-55-53-51-49-47-45-43-41-39-37-34-28-26-24-22-20-18-16-14-12-10-8-6-4-2/h6,8,12,14,18,20,24,26,34,37,56,58,63-66,68-75,77-79,81-85H,3-5,7,9-11,13,15-17,19,21-23,25,27-33,35-36,38-55,57,59-62H2,1-2H3,(H,76,80)/b8-6-,14-12-,20-18-,26-24-,37-34-,58-56+. The van der Waals surface area contributed by atoms with Gasteiger partial charge in [-0.3, -0.25) is 4.79 Å². The zero-order valence-corrected chi connectivity index (χ0v) is 56.4. The smallest absolute Gasteiger partial charge is 0.220 e. The molecule has 12 atom stereocenters. The van der Waals surface area contributed by atoms with Gasteiger partial charge < -0.3 is 65.1 Å². The van der Waals surface area contributed by atoms with Crippen molar-refractivity contribution < 1.29 is 64.6 Å². The fourth-order valence-electron chi connectivity index (χ4n) is 11.9. The molecule has 2 fully saturated rings. The van der Waals surface area contributed by atoms with Gasteiger partial charge in [0.1, 0.15) is 48.8 Å². The molecule has 0 aliphatic carbocycles. The van der Waals surface area contributed by atoms with Crippen molar-refractivity contribution in [3.63, 3.8) is 0 Å². The molecular weight excluding hydrogens is 1120 g/mol. The second kappa shape index (κ2) is 59.2. The summed E-state index contributed by atoms with van der Waals surface area (Å²) in [6, 6.07) is -0.924. The quantitative estimate of drug-likeness (QED) is 0.0204. The number of carbonyl (C=O) groups excluding carboxylic acids is 1. The fourth-order valence-corrected chi connectivity index (χ4v) is 11.9. The van der Waals surface area contributed by atoms with Gasteiger partial charge >= 0.3 is 0 Å². The Balaban J connectivity index is 1.67. The van der Waals surface area contributed by atoms with Crippen molar-refractivity contribution in [1.82, 2.24) is 5.32 Å². The Morgan fingerprint density at radius 2 is 0.775 bits per heavy atom. The zero-order valence-electron chi connectivity index (χ0n) is 56.4. The van der Waals surface area contributed by atoms with E-state index in [9.17, 15) is 45.6 Å². The molecule has 0 aromatic heterocycles. The number of amides is 1. The molecule has 1 amide bonds. The molecule has 0 aromatic carbocycles. The molecule has 0 aromatic rings. The maximum Gasteiger partial charge on any atom is 0.220 e. The summed E-state index contributed by atoms with van der Waals surface area (Å²) < 4.78 is 22.9. The molecule has 0 radical (unpaired) electrons. The first kappa shape index (κ1) is 82.5. The maximum absolute atomic E-state index is 13.3. The number of allylic oxidation sites excluding steroid dienone is 11. The maximum atomic E-state index is 13.3. The van der Waals surface area contributed by atoms with E-state index in [1.807, 2.05) is 6.08 Å². The van der Waals surface area contributed by atoms with E-state index in [1.54, 1.807) is 6.08 Å². The van der Waals surface area contributed by atoms with Gasteiger partial charge in [0, 0.05) is 6.42 Å². The van der Waals surface area contributed by atoms with E-state index in [1.165, 1.54) is 199 Å². The summed E-state index contributed by atoms with van der Waals surface area (Å²) in [5, 5.41) is 87.5. The molecule has 12 unspecified atom stereocenters. The Kier molecular flexibility index (Phi) is 54.9. The van der Waals surface area contributed by atoms with E-state index in [-0.39, 0.29) is 18.9 Å². The summed E-state index contributed by atoms with van der Waals surface area (Å²) in [6.45, 7) is 2.72. The van der Waals surface area contributed by atoms with Gasteiger partial charge in [0.15, 0.2) is 12.6 Å². The Labute approximate surface area is 542 Å². The van der Waals surface area contributed by atoms with Crippen molar-refractivity contribution in [1.29, 1.82) is 0 Å². The lowest BCUT2D eigenvalue weighted by atomic mass is 9.97. The van der Waals surface area contributed by atoms with Crippen LogP contribution in [0.15, 0.2) is 72.9 Å². The predicted octanol–water partition coefficient (Wildman–Crippen LogP) is 15.4. The van der Waals surface area contributed by atoms with Gasteiger partial charge in [0.05, 0.1) is 32.0 Å². The van der Waals surface area contributed by atoms with Gasteiger partial charge in [0.2, 0.25) is 5.91 Å². The van der Waals surface area contributed by atoms with E-state index in [0.717, 1.165) is 77.0 Å². The second-order valence-corrected chi connectivity index (χ2v) is 25.7. The highest BCUT2D eigenvalue weighted by Gasteiger charge is 2.51. The molecule has 2 rings (SSSR count). The minimum Gasteiger partial charge on any atom is -0.394 e. The minimum absolute atomic E-state index is 0.245. The van der Waals surface area contributed by atoms with Gasteiger partial charge in [-0.05, 0) is 64.2 Å². The number of nitrogens with one attached hydrogen (secondary N) is 1. The Morgan fingerprint density at radius 3 is 1.19 bits per heavy atom. The summed E-state index contributed by atoms with van der Waals surface area (Å²) >= 11 is 0. The zero-order chi connectivity index (χ0) is 64.5. The fraction of sp³-hybridized carbons (Fsp3) is 0.827. The summed E-state index contributed by atoms with van der Waals surface area (Å²) in [6.07, 6.45) is 63.9. The van der Waals surface area contributed by atoms with Crippen LogP contribution in [0.4, 0.5) is 0 Å². The summed E-state index contributed by atoms with van der Waals surface area (Å²) in [5.41, 5.74) is 0. The highest BCUT2D eigenvalue weighted by atomic mass is 16.7. The molecule has 14 nitrogen and oxygen atoms in total. The number of unbranched alkanes of at least 4 members (excludes halogenated alkanes) is 37. The molecule has 2 aliphatic rings. The first-order chi connectivity index (χ1) is 43.6. The SMILES string of the molecule is CC/C=C\C/C=C\C/C=C\C/C=C\C/C=C\CCCCCCCCCCCC(=O)NC(COC1OC(CO)C(OC2OC(CO)C(O)C(O)C2O)C(O)C1O)C(O)/C=C/CCCCCCCCCCCCCCCCCCCCCCCCCCCCCC. The molecule has 518 valence electrons. The summed E-state index contributed by atoms with van der Waals surface area (Å²) in [5.74, 6) is -0.245. The molecule has 0 saturated carbocycles. The van der Waals surface area contributed by atoms with Crippen molar-refractivity contribution in [2.75, 3.05) is 19.8 Å². The lowest BCUT2D eigenvalue weighted by Gasteiger charge is -2.46. The number of hydrogen-bond donors (Lipinski definition) is 9. The molecule has 14 heteroatoms. The number of aliphatic hydroxyl groups excluding tert-OH is 8. The summed E-state index contributed by atoms with van der Waals surface area (Å²) in [4.78, 5) is 13.3. The van der Waals surface area contributed by atoms with Gasteiger partial charge in [0.25, 0.3) is 0 Å². The highest BCUT2D eigenvalue weighted by molar-refractivity contribution is 5.76. The molecule has 9 N–H and O–H groups in total. The van der Waals surface area contributed by atoms with E-state index < -0.39 is 86.8 Å². The second-order valence-electron chi connectivity index (χ2n) is 25.7. The van der Waals surface area contributed by atoms with Crippen molar-refractivity contribution in [2.24, 2.45) is 0 Å². The largest absolute Gasteiger partial charge is 0.394 e. The van der Waals surface area contributed by atoms with E-state index >= 15 is 0 Å². The number of aliphatic hydroxyl groups is 8. The van der Waals surface area contributed by atoms with Crippen molar-refractivity contribution in [3.8, 4) is 0 Å². The Morgan fingerprint density at radius 1 is 0.416 bits per heavy atom. The minimum atomic E-state index is -1.79. The van der Waals surface area contributed by atoms with Gasteiger partial charge in [-0.15, -0.1) is 0 Å². The normalized spacial score (nSPS) is 23.4. The van der Waals surface area contributed by atoms with Gasteiger partial charge in [-0.25, -0.2) is 0 Å². The van der Waals surface area contributed by atoms with Crippen LogP contribution >= 0.6 is 0 Å². The van der Waals surface area contributed by atoms with Crippen LogP contribution in [-0.2, 0) is 23.7 Å². The lowest BCUT2D eigenvalue weighted by Crippen LogP contribution is -2.65. The van der Waals surface area contributed by atoms with Crippen molar-refractivity contribution >= 4 is 5.91 Å². The number of rotatable bonds is 60. The first-order valence-corrected chi connectivity index (χ1v) is 36.7. The van der Waals surface area contributed by atoms with Gasteiger partial charge in [-0.2, -0.15) is 0 Å². The average Bonchev–Trinajstić information content (AvgIpc) is 1.37. The molecule has 89 heavy (non-hydrogen) atoms. The number of ether oxygens (including phenoxy) is 4. The van der Waals surface area contributed by atoms with E-state index in [2.05, 4.69) is 79.9 Å². The van der Waals surface area contributed by atoms with Gasteiger partial charge in [-0.1, -0.05) is 305 Å². The van der Waals surface area contributed by atoms with Crippen LogP contribution in [0.3, 0.4) is 0 Å². The number of carbonyl (C=O) groups is 1. The summed E-state index contributed by atoms with van der Waals surface area (Å²) in [7, 11) is 0. The predicted molar refractivity (Wildman–Crippen MR) is 364 cm³/mol. The Hall–Kier alpha value is -2.57. The van der Waals surface area contributed by atoms with Crippen LogP contribution in [0.5, 0.6) is 0 Å². The molecular formula is C75H135NO13. The molecule has 2 saturated heterocycles. The Bertz CT molecular complexity index is 1770. The third kappa shape index (κ3) is 43.1. The lowest BCUT2D eigenvalue weighted by molar-refractivity contribution is -0.359. The van der Waals surface area contributed by atoms with Crippen molar-refractivity contribution in [2.45, 2.75) is 376 Å². The molecule has 2 heterocycles. The highest BCUT2D eigenvalue weighted by Crippen LogP contribution is 2.30. The van der Waals surface area contributed by atoms with Crippen LogP contribution < -0.4 is 5.32 Å². The van der Waals surface area contributed by atoms with Crippen LogP contribution in [0, 0.1) is 0 Å². The monoisotopic (exact) mass is 1260 g/mol. The third-order valence-corrected chi connectivity index (χ3v) is 17.6. The third-order valence-electron chi connectivity index (χ3n) is 17.6. The average molecular weight is 1260 g/mol.